The van der Waals surface area contributed by atoms with E-state index in [9.17, 15) is 4.79 Å². The van der Waals surface area contributed by atoms with Gasteiger partial charge in [0, 0.05) is 5.57 Å². The maximum atomic E-state index is 11.5. The maximum absolute atomic E-state index is 11.5. The molecule has 2 nitrogen and oxygen atoms in total. The van der Waals surface area contributed by atoms with Crippen LogP contribution in [0.5, 0.6) is 0 Å². The number of rotatable bonds is 4. The highest BCUT2D eigenvalue weighted by Crippen LogP contribution is 2.26. The fraction of sp³-hybridized carbons (Fsp3) is 0.769. The van der Waals surface area contributed by atoms with Crippen molar-refractivity contribution >= 4 is 5.97 Å². The smallest absolute Gasteiger partial charge is 0.333 e. The molecule has 0 heterocycles. The molecule has 0 radical (unpaired) electrons. The molecule has 86 valence electrons. The van der Waals surface area contributed by atoms with Gasteiger partial charge in [-0.05, 0) is 25.2 Å². The second-order valence-electron chi connectivity index (χ2n) is 4.33. The Labute approximate surface area is 92.7 Å². The maximum Gasteiger partial charge on any atom is 0.333 e. The molecule has 0 aromatic carbocycles. The Hall–Kier alpha value is -0.790. The zero-order valence-corrected chi connectivity index (χ0v) is 9.92. The minimum absolute atomic E-state index is 0.137. The minimum Gasteiger partial charge on any atom is -0.466 e. The number of hydrogen-bond acceptors (Lipinski definition) is 2. The van der Waals surface area contributed by atoms with Gasteiger partial charge in [0.2, 0.25) is 0 Å². The molecule has 0 aromatic heterocycles. The fourth-order valence-electron chi connectivity index (χ4n) is 2.24. The normalized spacial score (nSPS) is 18.9. The van der Waals surface area contributed by atoms with Crippen LogP contribution in [0.4, 0.5) is 0 Å². The molecule has 0 atom stereocenters. The summed E-state index contributed by atoms with van der Waals surface area (Å²) in [6.07, 6.45) is 10.5. The highest BCUT2D eigenvalue weighted by molar-refractivity contribution is 5.88. The Balaban J connectivity index is 2.59. The van der Waals surface area contributed by atoms with Gasteiger partial charge < -0.3 is 4.74 Å². The molecular weight excluding hydrogens is 188 g/mol. The average molecular weight is 210 g/mol. The predicted molar refractivity (Wildman–Crippen MR) is 61.6 cm³/mol. The summed E-state index contributed by atoms with van der Waals surface area (Å²) in [5, 5.41) is 0. The van der Waals surface area contributed by atoms with Gasteiger partial charge >= 0.3 is 5.97 Å². The van der Waals surface area contributed by atoms with Crippen molar-refractivity contribution in [2.24, 2.45) is 5.92 Å². The van der Waals surface area contributed by atoms with Crippen LogP contribution in [-0.2, 0) is 9.53 Å². The lowest BCUT2D eigenvalue weighted by Crippen LogP contribution is -2.09. The Bertz CT molecular complexity index is 225. The lowest BCUT2D eigenvalue weighted by Gasteiger charge is -2.19. The Morgan fingerprint density at radius 1 is 1.33 bits per heavy atom. The van der Waals surface area contributed by atoms with Crippen molar-refractivity contribution < 1.29 is 9.53 Å². The first-order valence-electron chi connectivity index (χ1n) is 6.07. The average Bonchev–Trinajstić information content (AvgIpc) is 2.29. The van der Waals surface area contributed by atoms with Crippen molar-refractivity contribution in [1.82, 2.24) is 0 Å². The quantitative estimate of drug-likeness (QED) is 0.524. The summed E-state index contributed by atoms with van der Waals surface area (Å²) in [4.78, 5) is 11.5. The van der Waals surface area contributed by atoms with Crippen molar-refractivity contribution in [1.29, 1.82) is 0 Å². The van der Waals surface area contributed by atoms with Gasteiger partial charge in [0.05, 0.1) is 7.11 Å². The van der Waals surface area contributed by atoms with E-state index < -0.39 is 0 Å². The first kappa shape index (κ1) is 12.3. The largest absolute Gasteiger partial charge is 0.466 e. The molecule has 0 aliphatic heterocycles. The van der Waals surface area contributed by atoms with Gasteiger partial charge in [-0.1, -0.05) is 38.7 Å². The van der Waals surface area contributed by atoms with Crippen LogP contribution in [0.2, 0.25) is 0 Å². The van der Waals surface area contributed by atoms with Gasteiger partial charge in [0.15, 0.2) is 0 Å². The number of methoxy groups -OCH3 is 1. The number of carbonyl (C=O) groups is 1. The molecule has 1 aliphatic rings. The predicted octanol–water partition coefficient (Wildman–Crippen LogP) is 3.47. The molecule has 0 unspecified atom stereocenters. The molecular formula is C13H22O2. The highest BCUT2D eigenvalue weighted by atomic mass is 16.5. The lowest BCUT2D eigenvalue weighted by atomic mass is 9.87. The highest BCUT2D eigenvalue weighted by Gasteiger charge is 2.15. The zero-order chi connectivity index (χ0) is 11.1. The van der Waals surface area contributed by atoms with Crippen molar-refractivity contribution in [2.45, 2.75) is 51.9 Å². The van der Waals surface area contributed by atoms with Gasteiger partial charge in [-0.2, -0.15) is 0 Å². The minimum atomic E-state index is -0.137. The summed E-state index contributed by atoms with van der Waals surface area (Å²) in [6.45, 7) is 2.09. The van der Waals surface area contributed by atoms with Crippen LogP contribution in [0.25, 0.3) is 0 Å². The van der Waals surface area contributed by atoms with Crippen LogP contribution >= 0.6 is 0 Å². The number of hydrogen-bond donors (Lipinski definition) is 0. The number of allylic oxidation sites excluding steroid dienone is 1. The molecule has 0 bridgehead atoms. The second-order valence-corrected chi connectivity index (χ2v) is 4.33. The molecule has 2 heteroatoms. The van der Waals surface area contributed by atoms with E-state index in [4.69, 9.17) is 4.74 Å². The summed E-state index contributed by atoms with van der Waals surface area (Å²) in [6, 6.07) is 0. The fourth-order valence-corrected chi connectivity index (χ4v) is 2.24. The molecule has 0 N–H and O–H groups in total. The van der Waals surface area contributed by atoms with Crippen LogP contribution in [0.3, 0.4) is 0 Å². The van der Waals surface area contributed by atoms with E-state index in [1.165, 1.54) is 39.2 Å². The summed E-state index contributed by atoms with van der Waals surface area (Å²) in [5.41, 5.74) is 0.881. The van der Waals surface area contributed by atoms with Crippen molar-refractivity contribution in [2.75, 3.05) is 7.11 Å². The molecule has 15 heavy (non-hydrogen) atoms. The molecule has 1 fully saturated rings. The lowest BCUT2D eigenvalue weighted by molar-refractivity contribution is -0.136. The van der Waals surface area contributed by atoms with Crippen molar-refractivity contribution in [3.8, 4) is 0 Å². The number of carbonyl (C=O) groups excluding carboxylic acids is 1. The van der Waals surface area contributed by atoms with E-state index in [0.717, 1.165) is 18.4 Å². The summed E-state index contributed by atoms with van der Waals surface area (Å²) < 4.78 is 4.80. The van der Waals surface area contributed by atoms with Crippen molar-refractivity contribution in [3.63, 3.8) is 0 Å². The van der Waals surface area contributed by atoms with E-state index in [1.54, 1.807) is 0 Å². The summed E-state index contributed by atoms with van der Waals surface area (Å²) in [5.74, 6) is 0.474. The third-order valence-electron chi connectivity index (χ3n) is 3.05. The van der Waals surface area contributed by atoms with Gasteiger partial charge in [-0.25, -0.2) is 4.79 Å². The molecule has 1 aliphatic carbocycles. The first-order chi connectivity index (χ1) is 7.27. The Morgan fingerprint density at radius 3 is 2.53 bits per heavy atom. The molecule has 1 rings (SSSR count). The van der Waals surface area contributed by atoms with Gasteiger partial charge in [0.1, 0.15) is 0 Å². The van der Waals surface area contributed by atoms with Crippen LogP contribution < -0.4 is 0 Å². The van der Waals surface area contributed by atoms with E-state index in [0.29, 0.717) is 5.92 Å². The first-order valence-corrected chi connectivity index (χ1v) is 6.07. The van der Waals surface area contributed by atoms with Gasteiger partial charge in [0.25, 0.3) is 0 Å². The Kier molecular flexibility index (Phi) is 5.44. The number of esters is 1. The van der Waals surface area contributed by atoms with E-state index >= 15 is 0 Å². The molecule has 1 saturated carbocycles. The van der Waals surface area contributed by atoms with Gasteiger partial charge in [-0.3, -0.25) is 0 Å². The summed E-state index contributed by atoms with van der Waals surface area (Å²) in [7, 11) is 1.46. The van der Waals surface area contributed by atoms with Crippen LogP contribution in [0.15, 0.2) is 11.6 Å². The van der Waals surface area contributed by atoms with Crippen LogP contribution in [0, 0.1) is 5.92 Å². The summed E-state index contributed by atoms with van der Waals surface area (Å²) >= 11 is 0. The van der Waals surface area contributed by atoms with E-state index in [2.05, 4.69) is 13.0 Å². The Morgan fingerprint density at radius 2 is 2.00 bits per heavy atom. The van der Waals surface area contributed by atoms with Crippen LogP contribution in [0.1, 0.15) is 51.9 Å². The van der Waals surface area contributed by atoms with E-state index in [-0.39, 0.29) is 5.97 Å². The SMILES string of the molecule is CCCC(=CC1CCCCC1)C(=O)OC. The van der Waals surface area contributed by atoms with Crippen LogP contribution in [-0.4, -0.2) is 13.1 Å². The third kappa shape index (κ3) is 4.06. The monoisotopic (exact) mass is 210 g/mol. The third-order valence-corrected chi connectivity index (χ3v) is 3.05. The second kappa shape index (κ2) is 6.65. The van der Waals surface area contributed by atoms with E-state index in [1.807, 2.05) is 0 Å². The molecule has 0 amide bonds. The van der Waals surface area contributed by atoms with Gasteiger partial charge in [-0.15, -0.1) is 0 Å². The number of ether oxygens (including phenoxy) is 1. The topological polar surface area (TPSA) is 26.3 Å². The zero-order valence-electron chi connectivity index (χ0n) is 9.92. The molecule has 0 spiro atoms. The molecule has 0 saturated heterocycles. The molecule has 0 aromatic rings. The standard InChI is InChI=1S/C13H22O2/c1-3-7-12(13(14)15-2)10-11-8-5-4-6-9-11/h10-11H,3-9H2,1-2H3. The van der Waals surface area contributed by atoms with Crippen molar-refractivity contribution in [3.05, 3.63) is 11.6 Å².